The molecule has 3 rings (SSSR count). The van der Waals surface area contributed by atoms with E-state index in [0.29, 0.717) is 38.2 Å². The monoisotopic (exact) mass is 406 g/mol. The van der Waals surface area contributed by atoms with Gasteiger partial charge in [-0.25, -0.2) is 0 Å². The minimum Gasteiger partial charge on any atom is -0.388 e. The molecule has 2 N–H and O–H groups in total. The third kappa shape index (κ3) is 6.02. The molecule has 0 saturated carbocycles. The van der Waals surface area contributed by atoms with E-state index in [1.165, 1.54) is 0 Å². The Bertz CT molecular complexity index is 699. The van der Waals surface area contributed by atoms with E-state index in [9.17, 15) is 14.7 Å². The maximum Gasteiger partial charge on any atom is 0.292 e. The molecule has 2 saturated heterocycles. The van der Waals surface area contributed by atoms with Crippen molar-refractivity contribution in [3.05, 3.63) is 17.5 Å². The van der Waals surface area contributed by atoms with Crippen LogP contribution in [0.3, 0.4) is 0 Å². The number of hydrogen-bond donors (Lipinski definition) is 2. The third-order valence-corrected chi connectivity index (χ3v) is 5.99. The van der Waals surface area contributed by atoms with Gasteiger partial charge in [0.05, 0.1) is 11.3 Å². The summed E-state index contributed by atoms with van der Waals surface area (Å²) < 4.78 is 5.24. The molecule has 8 nitrogen and oxygen atoms in total. The van der Waals surface area contributed by atoms with Crippen molar-refractivity contribution in [3.63, 3.8) is 0 Å². The van der Waals surface area contributed by atoms with Gasteiger partial charge in [-0.05, 0) is 38.5 Å². The number of likely N-dealkylation sites (tertiary alicyclic amines) is 2. The van der Waals surface area contributed by atoms with Crippen LogP contribution in [0.5, 0.6) is 0 Å². The summed E-state index contributed by atoms with van der Waals surface area (Å²) in [5, 5.41) is 18.1. The highest BCUT2D eigenvalue weighted by molar-refractivity contribution is 5.91. The van der Waals surface area contributed by atoms with Crippen LogP contribution in [0.4, 0.5) is 0 Å². The van der Waals surface area contributed by atoms with Crippen molar-refractivity contribution in [2.24, 2.45) is 0 Å². The number of carbonyl (C=O) groups excluding carboxylic acids is 2. The maximum atomic E-state index is 12.8. The SMILES string of the molecule is CCCc1cc(C(=O)N2CCC[C@@](O)(CN3CCC(NC(C)=O)CC3)CC2)on1. The van der Waals surface area contributed by atoms with Crippen LogP contribution in [0.25, 0.3) is 0 Å². The average Bonchev–Trinajstić information content (AvgIpc) is 3.05. The van der Waals surface area contributed by atoms with E-state index in [1.54, 1.807) is 17.9 Å². The lowest BCUT2D eigenvalue weighted by molar-refractivity contribution is -0.120. The Hall–Kier alpha value is -1.93. The highest BCUT2D eigenvalue weighted by Crippen LogP contribution is 2.26. The van der Waals surface area contributed by atoms with E-state index < -0.39 is 5.60 Å². The number of carbonyl (C=O) groups is 2. The van der Waals surface area contributed by atoms with E-state index in [0.717, 1.165) is 50.9 Å². The molecule has 0 spiro atoms. The summed E-state index contributed by atoms with van der Waals surface area (Å²) in [7, 11) is 0. The minimum absolute atomic E-state index is 0.0178. The molecule has 0 radical (unpaired) electrons. The molecule has 2 amide bonds. The molecule has 0 unspecified atom stereocenters. The lowest BCUT2D eigenvalue weighted by Gasteiger charge is -2.38. The van der Waals surface area contributed by atoms with Crippen LogP contribution >= 0.6 is 0 Å². The van der Waals surface area contributed by atoms with Crippen molar-refractivity contribution in [2.75, 3.05) is 32.7 Å². The van der Waals surface area contributed by atoms with Crippen LogP contribution < -0.4 is 5.32 Å². The molecule has 29 heavy (non-hydrogen) atoms. The summed E-state index contributed by atoms with van der Waals surface area (Å²) in [6.07, 6.45) is 5.58. The first kappa shape index (κ1) is 21.8. The summed E-state index contributed by atoms with van der Waals surface area (Å²) in [4.78, 5) is 28.0. The van der Waals surface area contributed by atoms with Gasteiger partial charge in [0, 0.05) is 51.8 Å². The van der Waals surface area contributed by atoms with Crippen LogP contribution in [0, 0.1) is 0 Å². The van der Waals surface area contributed by atoms with Gasteiger partial charge in [0.2, 0.25) is 11.7 Å². The molecule has 3 heterocycles. The first-order valence-corrected chi connectivity index (χ1v) is 10.9. The Labute approximate surface area is 172 Å². The van der Waals surface area contributed by atoms with Crippen molar-refractivity contribution in [1.29, 1.82) is 0 Å². The molecule has 8 heteroatoms. The predicted molar refractivity (Wildman–Crippen MR) is 108 cm³/mol. The van der Waals surface area contributed by atoms with Crippen molar-refractivity contribution in [2.45, 2.75) is 70.4 Å². The largest absolute Gasteiger partial charge is 0.388 e. The Balaban J connectivity index is 1.50. The second-order valence-corrected chi connectivity index (χ2v) is 8.55. The fraction of sp³-hybridized carbons (Fsp3) is 0.762. The van der Waals surface area contributed by atoms with Gasteiger partial charge in [-0.2, -0.15) is 0 Å². The minimum atomic E-state index is -0.787. The van der Waals surface area contributed by atoms with Crippen LogP contribution in [0.1, 0.15) is 68.6 Å². The van der Waals surface area contributed by atoms with Crippen molar-refractivity contribution >= 4 is 11.8 Å². The number of amides is 2. The molecule has 0 aromatic carbocycles. The third-order valence-electron chi connectivity index (χ3n) is 5.99. The smallest absolute Gasteiger partial charge is 0.292 e. The molecule has 1 atom stereocenters. The number of piperidine rings is 1. The summed E-state index contributed by atoms with van der Waals surface area (Å²) in [6.45, 7) is 7.11. The molecule has 2 aliphatic rings. The zero-order valence-electron chi connectivity index (χ0n) is 17.7. The molecule has 0 bridgehead atoms. The topological polar surface area (TPSA) is 98.9 Å². The number of nitrogens with one attached hydrogen (secondary N) is 1. The average molecular weight is 407 g/mol. The number of aliphatic hydroxyl groups is 1. The molecular formula is C21H34N4O4. The van der Waals surface area contributed by atoms with Gasteiger partial charge in [0.1, 0.15) is 0 Å². The van der Waals surface area contributed by atoms with Crippen LogP contribution in [0.15, 0.2) is 10.6 Å². The number of hydrogen-bond acceptors (Lipinski definition) is 6. The summed E-state index contributed by atoms with van der Waals surface area (Å²) in [6, 6.07) is 1.97. The Morgan fingerprint density at radius 3 is 2.72 bits per heavy atom. The van der Waals surface area contributed by atoms with E-state index in [-0.39, 0.29) is 17.9 Å². The molecule has 1 aromatic heterocycles. The quantitative estimate of drug-likeness (QED) is 0.744. The van der Waals surface area contributed by atoms with Gasteiger partial charge < -0.3 is 24.7 Å². The standard InChI is InChI=1S/C21H34N4O4/c1-3-5-18-14-19(29-23-18)20(27)25-10-4-8-21(28,9-13-25)15-24-11-6-17(7-12-24)22-16(2)26/h14,17,28H,3-13,15H2,1-2H3,(H,22,26)/t21-/m0/s1. The van der Waals surface area contributed by atoms with E-state index in [2.05, 4.69) is 22.3 Å². The molecule has 1 aromatic rings. The fourth-order valence-corrected chi connectivity index (χ4v) is 4.42. The van der Waals surface area contributed by atoms with Crippen molar-refractivity contribution < 1.29 is 19.2 Å². The van der Waals surface area contributed by atoms with Gasteiger partial charge in [0.15, 0.2) is 0 Å². The summed E-state index contributed by atoms with van der Waals surface area (Å²) >= 11 is 0. The molecule has 0 aliphatic carbocycles. The van der Waals surface area contributed by atoms with Crippen LogP contribution in [0.2, 0.25) is 0 Å². The summed E-state index contributed by atoms with van der Waals surface area (Å²) in [5.41, 5.74) is 0.0230. The lowest BCUT2D eigenvalue weighted by atomic mass is 9.93. The highest BCUT2D eigenvalue weighted by Gasteiger charge is 2.35. The number of aryl methyl sites for hydroxylation is 1. The predicted octanol–water partition coefficient (Wildman–Crippen LogP) is 1.58. The lowest BCUT2D eigenvalue weighted by Crippen LogP contribution is -2.50. The Kier molecular flexibility index (Phi) is 7.29. The van der Waals surface area contributed by atoms with Crippen LogP contribution in [-0.4, -0.2) is 76.2 Å². The fourth-order valence-electron chi connectivity index (χ4n) is 4.42. The number of rotatable bonds is 6. The van der Waals surface area contributed by atoms with E-state index in [1.807, 2.05) is 0 Å². The maximum absolute atomic E-state index is 12.8. The molecule has 162 valence electrons. The molecular weight excluding hydrogens is 372 g/mol. The summed E-state index contributed by atoms with van der Waals surface area (Å²) in [5.74, 6) is 0.170. The first-order valence-electron chi connectivity index (χ1n) is 10.9. The van der Waals surface area contributed by atoms with Gasteiger partial charge >= 0.3 is 0 Å². The molecule has 2 fully saturated rings. The van der Waals surface area contributed by atoms with Gasteiger partial charge in [-0.3, -0.25) is 9.59 Å². The van der Waals surface area contributed by atoms with E-state index in [4.69, 9.17) is 4.52 Å². The van der Waals surface area contributed by atoms with Gasteiger partial charge in [0.25, 0.3) is 5.91 Å². The van der Waals surface area contributed by atoms with Crippen LogP contribution in [-0.2, 0) is 11.2 Å². The highest BCUT2D eigenvalue weighted by atomic mass is 16.5. The first-order chi connectivity index (χ1) is 13.9. The van der Waals surface area contributed by atoms with Crippen molar-refractivity contribution in [3.8, 4) is 0 Å². The molecule has 2 aliphatic heterocycles. The van der Waals surface area contributed by atoms with Crippen molar-refractivity contribution in [1.82, 2.24) is 20.3 Å². The zero-order chi connectivity index (χ0) is 20.9. The Morgan fingerprint density at radius 1 is 1.28 bits per heavy atom. The second-order valence-electron chi connectivity index (χ2n) is 8.55. The second kappa shape index (κ2) is 9.71. The number of β-amino-alcohol motifs (C(OH)–C–C–N with tert-alkyl or cyclic N) is 1. The number of aromatic nitrogens is 1. The van der Waals surface area contributed by atoms with Gasteiger partial charge in [-0.15, -0.1) is 0 Å². The number of nitrogens with zero attached hydrogens (tertiary/aromatic N) is 3. The zero-order valence-corrected chi connectivity index (χ0v) is 17.7. The normalized spacial score (nSPS) is 24.3. The Morgan fingerprint density at radius 2 is 2.03 bits per heavy atom. The van der Waals surface area contributed by atoms with Gasteiger partial charge in [-0.1, -0.05) is 18.5 Å². The van der Waals surface area contributed by atoms with E-state index >= 15 is 0 Å².